The van der Waals surface area contributed by atoms with E-state index in [1.54, 1.807) is 36.8 Å². The van der Waals surface area contributed by atoms with Crippen LogP contribution in [0.4, 0.5) is 13.2 Å². The Bertz CT molecular complexity index is 1040. The number of rotatable bonds is 2. The molecular formula is C18H11F3N4. The van der Waals surface area contributed by atoms with E-state index >= 15 is 0 Å². The monoisotopic (exact) mass is 340 g/mol. The molecular weight excluding hydrogens is 329 g/mol. The van der Waals surface area contributed by atoms with E-state index in [9.17, 15) is 13.2 Å². The molecule has 7 heteroatoms. The predicted molar refractivity (Wildman–Crippen MR) is 87.6 cm³/mol. The van der Waals surface area contributed by atoms with Gasteiger partial charge in [-0.25, -0.2) is 0 Å². The van der Waals surface area contributed by atoms with Gasteiger partial charge in [0.2, 0.25) is 0 Å². The number of aromatic nitrogens is 4. The van der Waals surface area contributed by atoms with Gasteiger partial charge in [0, 0.05) is 28.9 Å². The second-order valence-electron chi connectivity index (χ2n) is 5.51. The second kappa shape index (κ2) is 5.70. The van der Waals surface area contributed by atoms with Crippen molar-refractivity contribution in [1.82, 2.24) is 20.2 Å². The van der Waals surface area contributed by atoms with Gasteiger partial charge in [-0.15, -0.1) is 0 Å². The molecule has 4 aromatic rings. The Morgan fingerprint density at radius 3 is 2.52 bits per heavy atom. The van der Waals surface area contributed by atoms with Crippen LogP contribution >= 0.6 is 0 Å². The Hall–Kier alpha value is -3.22. The van der Waals surface area contributed by atoms with Crippen LogP contribution in [0.1, 0.15) is 5.56 Å². The van der Waals surface area contributed by atoms with Crippen LogP contribution in [-0.2, 0) is 6.18 Å². The van der Waals surface area contributed by atoms with Crippen LogP contribution in [0.5, 0.6) is 0 Å². The number of fused-ring (bicyclic) bond motifs is 1. The van der Waals surface area contributed by atoms with E-state index in [0.717, 1.165) is 17.7 Å². The van der Waals surface area contributed by atoms with Crippen LogP contribution in [-0.4, -0.2) is 20.2 Å². The predicted octanol–water partition coefficient (Wildman–Crippen LogP) is 4.71. The fourth-order valence-corrected chi connectivity index (χ4v) is 2.65. The number of nitrogens with zero attached hydrogens (tertiary/aromatic N) is 3. The summed E-state index contributed by atoms with van der Waals surface area (Å²) in [6.45, 7) is 0. The molecule has 0 aliphatic rings. The van der Waals surface area contributed by atoms with Gasteiger partial charge in [0.25, 0.3) is 0 Å². The molecule has 0 atom stereocenters. The third kappa shape index (κ3) is 2.84. The van der Waals surface area contributed by atoms with Gasteiger partial charge in [-0.1, -0.05) is 12.1 Å². The van der Waals surface area contributed by atoms with Crippen molar-refractivity contribution in [2.75, 3.05) is 0 Å². The highest BCUT2D eigenvalue weighted by molar-refractivity contribution is 5.94. The summed E-state index contributed by atoms with van der Waals surface area (Å²) in [5, 5.41) is 7.69. The van der Waals surface area contributed by atoms with E-state index in [1.165, 1.54) is 6.07 Å². The van der Waals surface area contributed by atoms with Gasteiger partial charge in [0.15, 0.2) is 0 Å². The lowest BCUT2D eigenvalue weighted by atomic mass is 10.0. The van der Waals surface area contributed by atoms with Crippen LogP contribution in [0.3, 0.4) is 0 Å². The molecule has 3 heterocycles. The highest BCUT2D eigenvalue weighted by Crippen LogP contribution is 2.34. The average Bonchev–Trinajstić information content (AvgIpc) is 3.05. The molecule has 4 rings (SSSR count). The standard InChI is InChI=1S/C18H11F3N4/c19-18(20,21)13-5-1-3-11(7-13)17-14-8-15(12-4-2-6-22-9-12)23-10-16(14)24-25-17/h1-10H,(H,24,25). The molecule has 0 saturated heterocycles. The Morgan fingerprint density at radius 2 is 1.76 bits per heavy atom. The molecule has 0 radical (unpaired) electrons. The van der Waals surface area contributed by atoms with Gasteiger partial charge >= 0.3 is 6.18 Å². The fraction of sp³-hybridized carbons (Fsp3) is 0.0556. The van der Waals surface area contributed by atoms with E-state index in [0.29, 0.717) is 27.9 Å². The Morgan fingerprint density at radius 1 is 0.920 bits per heavy atom. The van der Waals surface area contributed by atoms with Crippen LogP contribution in [0.2, 0.25) is 0 Å². The number of alkyl halides is 3. The fourth-order valence-electron chi connectivity index (χ4n) is 2.65. The highest BCUT2D eigenvalue weighted by atomic mass is 19.4. The highest BCUT2D eigenvalue weighted by Gasteiger charge is 2.30. The molecule has 0 aliphatic heterocycles. The molecule has 0 spiro atoms. The van der Waals surface area contributed by atoms with Crippen LogP contribution in [0, 0.1) is 0 Å². The van der Waals surface area contributed by atoms with Crippen molar-refractivity contribution in [2.45, 2.75) is 6.18 Å². The van der Waals surface area contributed by atoms with E-state index < -0.39 is 11.7 Å². The van der Waals surface area contributed by atoms with Crippen molar-refractivity contribution in [3.8, 4) is 22.5 Å². The zero-order valence-corrected chi connectivity index (χ0v) is 12.7. The molecule has 0 aliphatic carbocycles. The molecule has 25 heavy (non-hydrogen) atoms. The Kier molecular flexibility index (Phi) is 3.49. The molecule has 0 saturated carbocycles. The average molecular weight is 340 g/mol. The van der Waals surface area contributed by atoms with Crippen molar-refractivity contribution < 1.29 is 13.2 Å². The first-order valence-electron chi connectivity index (χ1n) is 7.44. The zero-order chi connectivity index (χ0) is 17.4. The topological polar surface area (TPSA) is 54.5 Å². The first kappa shape index (κ1) is 15.3. The number of H-pyrrole nitrogens is 1. The minimum Gasteiger partial charge on any atom is -0.276 e. The lowest BCUT2D eigenvalue weighted by Gasteiger charge is -2.08. The third-order valence-corrected chi connectivity index (χ3v) is 3.87. The normalized spacial score (nSPS) is 11.8. The molecule has 0 unspecified atom stereocenters. The molecule has 4 nitrogen and oxygen atoms in total. The summed E-state index contributed by atoms with van der Waals surface area (Å²) in [5.41, 5.74) is 2.29. The maximum absolute atomic E-state index is 13.0. The van der Waals surface area contributed by atoms with E-state index in [-0.39, 0.29) is 0 Å². The lowest BCUT2D eigenvalue weighted by molar-refractivity contribution is -0.137. The minimum atomic E-state index is -4.40. The van der Waals surface area contributed by atoms with Gasteiger partial charge in [-0.2, -0.15) is 18.3 Å². The van der Waals surface area contributed by atoms with Gasteiger partial charge in [-0.05, 0) is 30.3 Å². The molecule has 124 valence electrons. The van der Waals surface area contributed by atoms with E-state index in [2.05, 4.69) is 20.2 Å². The van der Waals surface area contributed by atoms with Crippen molar-refractivity contribution >= 4 is 10.9 Å². The summed E-state index contributed by atoms with van der Waals surface area (Å²) in [6.07, 6.45) is 0.554. The van der Waals surface area contributed by atoms with Crippen LogP contribution in [0.25, 0.3) is 33.4 Å². The first-order valence-corrected chi connectivity index (χ1v) is 7.44. The molecule has 0 fully saturated rings. The minimum absolute atomic E-state index is 0.393. The zero-order valence-electron chi connectivity index (χ0n) is 12.7. The van der Waals surface area contributed by atoms with Crippen LogP contribution in [0.15, 0.2) is 61.1 Å². The lowest BCUT2D eigenvalue weighted by Crippen LogP contribution is -2.04. The molecule has 3 aromatic heterocycles. The summed E-state index contributed by atoms with van der Waals surface area (Å²) in [5.74, 6) is 0. The number of benzene rings is 1. The van der Waals surface area contributed by atoms with Gasteiger partial charge < -0.3 is 0 Å². The maximum Gasteiger partial charge on any atom is 0.416 e. The summed E-state index contributed by atoms with van der Waals surface area (Å²) >= 11 is 0. The Labute approximate surface area is 140 Å². The number of hydrogen-bond acceptors (Lipinski definition) is 3. The van der Waals surface area contributed by atoms with Gasteiger partial charge in [-0.3, -0.25) is 15.1 Å². The summed E-state index contributed by atoms with van der Waals surface area (Å²) in [4.78, 5) is 8.41. The number of nitrogens with one attached hydrogen (secondary N) is 1. The maximum atomic E-state index is 13.0. The molecule has 1 N–H and O–H groups in total. The second-order valence-corrected chi connectivity index (χ2v) is 5.51. The summed E-state index contributed by atoms with van der Waals surface area (Å²) < 4.78 is 38.9. The van der Waals surface area contributed by atoms with Crippen molar-refractivity contribution in [1.29, 1.82) is 0 Å². The van der Waals surface area contributed by atoms with Crippen molar-refractivity contribution in [3.63, 3.8) is 0 Å². The first-order chi connectivity index (χ1) is 12.0. The van der Waals surface area contributed by atoms with Crippen LogP contribution < -0.4 is 0 Å². The number of aromatic amines is 1. The van der Waals surface area contributed by atoms with Crippen molar-refractivity contribution in [3.05, 3.63) is 66.6 Å². The SMILES string of the molecule is FC(F)(F)c1cccc(-c2n[nH]c3cnc(-c4cccnc4)cc23)c1. The van der Waals surface area contributed by atoms with E-state index in [1.807, 2.05) is 6.07 Å². The smallest absolute Gasteiger partial charge is 0.276 e. The summed E-state index contributed by atoms with van der Waals surface area (Å²) in [6, 6.07) is 10.6. The quantitative estimate of drug-likeness (QED) is 0.575. The van der Waals surface area contributed by atoms with E-state index in [4.69, 9.17) is 0 Å². The molecule has 1 aromatic carbocycles. The van der Waals surface area contributed by atoms with Gasteiger partial charge in [0.1, 0.15) is 5.69 Å². The number of halogens is 3. The summed E-state index contributed by atoms with van der Waals surface area (Å²) in [7, 11) is 0. The van der Waals surface area contributed by atoms with Gasteiger partial charge in [0.05, 0.1) is 23.0 Å². The molecule has 0 amide bonds. The van der Waals surface area contributed by atoms with Crippen molar-refractivity contribution in [2.24, 2.45) is 0 Å². The molecule has 0 bridgehead atoms. The largest absolute Gasteiger partial charge is 0.416 e. The number of pyridine rings is 2. The Balaban J connectivity index is 1.86. The number of hydrogen-bond donors (Lipinski definition) is 1. The third-order valence-electron chi connectivity index (χ3n) is 3.87.